The predicted molar refractivity (Wildman–Crippen MR) is 66.6 cm³/mol. The summed E-state index contributed by atoms with van der Waals surface area (Å²) in [6.07, 6.45) is 0. The van der Waals surface area contributed by atoms with Gasteiger partial charge < -0.3 is 16.4 Å². The maximum Gasteiger partial charge on any atom is 0.239 e. The minimum Gasteiger partial charge on any atom is -0.368 e. The van der Waals surface area contributed by atoms with Crippen molar-refractivity contribution in [3.05, 3.63) is 29.3 Å². The van der Waals surface area contributed by atoms with Crippen LogP contribution < -0.4 is 16.4 Å². The van der Waals surface area contributed by atoms with Crippen LogP contribution in [0.4, 0.5) is 5.69 Å². The molecule has 92 valence electrons. The zero-order valence-electron chi connectivity index (χ0n) is 9.39. The summed E-state index contributed by atoms with van der Waals surface area (Å²) in [5.41, 5.74) is 11.0. The number of primary amides is 2. The number of carbonyl (C=O) groups excluding carboxylic acids is 2. The lowest BCUT2D eigenvalue weighted by atomic mass is 10.2. The van der Waals surface area contributed by atoms with Crippen molar-refractivity contribution in [3.8, 4) is 0 Å². The summed E-state index contributed by atoms with van der Waals surface area (Å²) in [6.45, 7) is 1.53. The van der Waals surface area contributed by atoms with Crippen molar-refractivity contribution >= 4 is 29.1 Å². The van der Waals surface area contributed by atoms with Crippen LogP contribution >= 0.6 is 11.6 Å². The van der Waals surface area contributed by atoms with Gasteiger partial charge in [-0.1, -0.05) is 11.6 Å². The minimum atomic E-state index is -0.622. The Hall–Kier alpha value is -1.75. The minimum absolute atomic E-state index is 0.0776. The highest BCUT2D eigenvalue weighted by Crippen LogP contribution is 2.19. The number of carbonyl (C=O) groups is 2. The van der Waals surface area contributed by atoms with Crippen molar-refractivity contribution in [2.24, 2.45) is 11.5 Å². The van der Waals surface area contributed by atoms with Crippen molar-refractivity contribution < 1.29 is 9.59 Å². The predicted octanol–water partition coefficient (Wildman–Crippen LogP) is 0.506. The van der Waals surface area contributed by atoms with Crippen LogP contribution in [0, 0.1) is 0 Å². The number of nitrogens with two attached hydrogens (primary N) is 2. The maximum atomic E-state index is 11.2. The highest BCUT2D eigenvalue weighted by atomic mass is 35.5. The smallest absolute Gasteiger partial charge is 0.239 e. The van der Waals surface area contributed by atoms with Crippen LogP contribution in [0.15, 0.2) is 24.3 Å². The molecule has 0 radical (unpaired) electrons. The van der Waals surface area contributed by atoms with Crippen LogP contribution in [0.5, 0.6) is 0 Å². The number of rotatable bonds is 5. The highest BCUT2D eigenvalue weighted by molar-refractivity contribution is 6.30. The second-order valence-electron chi connectivity index (χ2n) is 3.65. The zero-order chi connectivity index (χ0) is 13.0. The molecule has 1 atom stereocenters. The van der Waals surface area contributed by atoms with E-state index in [1.54, 1.807) is 31.2 Å². The first kappa shape index (κ1) is 13.3. The van der Waals surface area contributed by atoms with E-state index in [1.807, 2.05) is 0 Å². The van der Waals surface area contributed by atoms with Gasteiger partial charge in [-0.3, -0.25) is 9.59 Å². The molecule has 1 aromatic carbocycles. The van der Waals surface area contributed by atoms with Crippen LogP contribution in [0.2, 0.25) is 5.02 Å². The summed E-state index contributed by atoms with van der Waals surface area (Å²) < 4.78 is 0. The Morgan fingerprint density at radius 1 is 1.29 bits per heavy atom. The molecule has 1 aromatic rings. The van der Waals surface area contributed by atoms with Crippen LogP contribution in [0.3, 0.4) is 0 Å². The normalized spacial score (nSPS) is 11.9. The third kappa shape index (κ3) is 3.64. The van der Waals surface area contributed by atoms with Gasteiger partial charge in [-0.15, -0.1) is 0 Å². The number of nitrogens with zero attached hydrogens (tertiary/aromatic N) is 1. The molecule has 0 bridgehead atoms. The summed E-state index contributed by atoms with van der Waals surface area (Å²) in [7, 11) is 0. The molecule has 0 heterocycles. The molecular formula is C11H14ClN3O2. The van der Waals surface area contributed by atoms with Crippen LogP contribution in [0.25, 0.3) is 0 Å². The first-order chi connectivity index (χ1) is 7.91. The molecule has 0 unspecified atom stereocenters. The van der Waals surface area contributed by atoms with Gasteiger partial charge in [-0.25, -0.2) is 0 Å². The summed E-state index contributed by atoms with van der Waals surface area (Å²) in [6, 6.07) is 6.11. The fourth-order valence-electron chi connectivity index (χ4n) is 1.41. The van der Waals surface area contributed by atoms with Gasteiger partial charge >= 0.3 is 0 Å². The van der Waals surface area contributed by atoms with Crippen LogP contribution in [-0.2, 0) is 9.59 Å². The van der Waals surface area contributed by atoms with Gasteiger partial charge in [-0.05, 0) is 31.2 Å². The molecule has 0 saturated heterocycles. The summed E-state index contributed by atoms with van der Waals surface area (Å²) >= 11 is 5.76. The van der Waals surface area contributed by atoms with Crippen molar-refractivity contribution in [3.63, 3.8) is 0 Å². The van der Waals surface area contributed by atoms with E-state index in [0.717, 1.165) is 0 Å². The number of benzene rings is 1. The number of halogens is 1. The lowest BCUT2D eigenvalue weighted by molar-refractivity contribution is -0.119. The van der Waals surface area contributed by atoms with Crippen molar-refractivity contribution in [1.82, 2.24) is 0 Å². The van der Waals surface area contributed by atoms with E-state index >= 15 is 0 Å². The van der Waals surface area contributed by atoms with Gasteiger partial charge in [0.15, 0.2) is 0 Å². The first-order valence-corrected chi connectivity index (χ1v) is 5.39. The Balaban J connectivity index is 3.01. The van der Waals surface area contributed by atoms with Gasteiger partial charge in [0.1, 0.15) is 6.04 Å². The molecule has 0 aromatic heterocycles. The van der Waals surface area contributed by atoms with Crippen molar-refractivity contribution in [2.45, 2.75) is 13.0 Å². The Kier molecular flexibility index (Phi) is 4.34. The monoisotopic (exact) mass is 255 g/mol. The third-order valence-electron chi connectivity index (χ3n) is 2.36. The van der Waals surface area contributed by atoms with E-state index in [2.05, 4.69) is 0 Å². The summed E-state index contributed by atoms with van der Waals surface area (Å²) in [4.78, 5) is 23.7. The highest BCUT2D eigenvalue weighted by Gasteiger charge is 2.20. The van der Waals surface area contributed by atoms with Gasteiger partial charge in [0.05, 0.1) is 6.54 Å². The number of anilines is 1. The van der Waals surface area contributed by atoms with Gasteiger partial charge in [0.25, 0.3) is 0 Å². The first-order valence-electron chi connectivity index (χ1n) is 5.01. The van der Waals surface area contributed by atoms with E-state index in [-0.39, 0.29) is 6.54 Å². The quantitative estimate of drug-likeness (QED) is 0.803. The van der Waals surface area contributed by atoms with Gasteiger partial charge in [0.2, 0.25) is 11.8 Å². The molecule has 0 aliphatic rings. The van der Waals surface area contributed by atoms with Crippen molar-refractivity contribution in [2.75, 3.05) is 11.4 Å². The Labute approximate surface area is 104 Å². The Morgan fingerprint density at radius 2 is 1.82 bits per heavy atom. The van der Waals surface area contributed by atoms with E-state index in [0.29, 0.717) is 10.7 Å². The molecule has 0 saturated carbocycles. The van der Waals surface area contributed by atoms with E-state index in [4.69, 9.17) is 23.1 Å². The number of amides is 2. The Morgan fingerprint density at radius 3 is 2.24 bits per heavy atom. The molecule has 6 heteroatoms. The topological polar surface area (TPSA) is 89.4 Å². The molecule has 5 nitrogen and oxygen atoms in total. The second-order valence-corrected chi connectivity index (χ2v) is 4.09. The second kappa shape index (κ2) is 5.54. The molecule has 0 spiro atoms. The molecular weight excluding hydrogens is 242 g/mol. The third-order valence-corrected chi connectivity index (χ3v) is 2.62. The molecule has 4 N–H and O–H groups in total. The van der Waals surface area contributed by atoms with Gasteiger partial charge in [0, 0.05) is 10.7 Å². The maximum absolute atomic E-state index is 11.2. The van der Waals surface area contributed by atoms with Gasteiger partial charge in [-0.2, -0.15) is 0 Å². The van der Waals surface area contributed by atoms with Crippen LogP contribution in [-0.4, -0.2) is 24.4 Å². The fraction of sp³-hybridized carbons (Fsp3) is 0.273. The number of hydrogen-bond donors (Lipinski definition) is 2. The standard InChI is InChI=1S/C11H14ClN3O2/c1-7(11(14)17)15(6-10(13)16)9-4-2-8(12)3-5-9/h2-5,7H,6H2,1H3,(H2,13,16)(H2,14,17)/t7-/m1/s1. The summed E-state index contributed by atoms with van der Waals surface area (Å²) in [5.74, 6) is -1.06. The fourth-order valence-corrected chi connectivity index (χ4v) is 1.53. The number of hydrogen-bond acceptors (Lipinski definition) is 3. The molecule has 2 amide bonds. The molecule has 0 fully saturated rings. The molecule has 1 rings (SSSR count). The average molecular weight is 256 g/mol. The van der Waals surface area contributed by atoms with E-state index in [1.165, 1.54) is 4.90 Å². The largest absolute Gasteiger partial charge is 0.368 e. The lowest BCUT2D eigenvalue weighted by Gasteiger charge is -2.28. The molecule has 0 aliphatic heterocycles. The van der Waals surface area contributed by atoms with E-state index < -0.39 is 17.9 Å². The van der Waals surface area contributed by atoms with E-state index in [9.17, 15) is 9.59 Å². The summed E-state index contributed by atoms with van der Waals surface area (Å²) in [5, 5.41) is 0.569. The zero-order valence-corrected chi connectivity index (χ0v) is 10.1. The lowest BCUT2D eigenvalue weighted by Crippen LogP contribution is -2.46. The van der Waals surface area contributed by atoms with Crippen molar-refractivity contribution in [1.29, 1.82) is 0 Å². The molecule has 0 aliphatic carbocycles. The average Bonchev–Trinajstić information content (AvgIpc) is 2.26. The molecule has 17 heavy (non-hydrogen) atoms. The SMILES string of the molecule is C[C@H](C(N)=O)N(CC(N)=O)c1ccc(Cl)cc1. The van der Waals surface area contributed by atoms with Crippen LogP contribution in [0.1, 0.15) is 6.92 Å². The Bertz CT molecular complexity index is 419.